The van der Waals surface area contributed by atoms with Crippen molar-refractivity contribution >= 4 is 27.7 Å². The van der Waals surface area contributed by atoms with Gasteiger partial charge in [-0.3, -0.25) is 4.21 Å². The highest BCUT2D eigenvalue weighted by atomic mass is 32.2. The lowest BCUT2D eigenvalue weighted by molar-refractivity contribution is 0.527. The fraction of sp³-hybridized carbons (Fsp3) is 0.111. The van der Waals surface area contributed by atoms with Crippen LogP contribution in [0.1, 0.15) is 0 Å². The molecular formula is C9H9N2O2S-. The molecule has 0 amide bonds. The van der Waals surface area contributed by atoms with E-state index >= 15 is 0 Å². The molecule has 0 radical (unpaired) electrons. The van der Waals surface area contributed by atoms with Gasteiger partial charge in [0.25, 0.3) is 0 Å². The second kappa shape index (κ2) is 3.43. The number of nitrogens with two attached hydrogens (primary N) is 1. The van der Waals surface area contributed by atoms with E-state index < -0.39 is 11.1 Å². The van der Waals surface area contributed by atoms with Gasteiger partial charge in [-0.2, -0.15) is 0 Å². The number of hydrogen-bond donors (Lipinski definition) is 1. The molecule has 1 unspecified atom stereocenters. The van der Waals surface area contributed by atoms with Crippen molar-refractivity contribution in [2.75, 3.05) is 5.73 Å². The fourth-order valence-corrected chi connectivity index (χ4v) is 1.88. The highest BCUT2D eigenvalue weighted by Gasteiger charge is 2.00. The summed E-state index contributed by atoms with van der Waals surface area (Å²) >= 11 is -2.09. The Morgan fingerprint density at radius 2 is 2.21 bits per heavy atom. The SMILES string of the molecule is Nc1ccc2ccn(CS(=O)[O-])c2c1. The van der Waals surface area contributed by atoms with E-state index in [0.717, 1.165) is 10.9 Å². The van der Waals surface area contributed by atoms with Crippen LogP contribution in [-0.4, -0.2) is 13.3 Å². The van der Waals surface area contributed by atoms with Crippen LogP contribution < -0.4 is 5.73 Å². The minimum atomic E-state index is -2.09. The van der Waals surface area contributed by atoms with Gasteiger partial charge >= 0.3 is 0 Å². The zero-order valence-electron chi connectivity index (χ0n) is 7.34. The molecule has 1 atom stereocenters. The molecule has 0 saturated carbocycles. The van der Waals surface area contributed by atoms with Crippen molar-refractivity contribution in [2.24, 2.45) is 0 Å². The average Bonchev–Trinajstić information content (AvgIpc) is 2.47. The number of anilines is 1. The highest BCUT2D eigenvalue weighted by Crippen LogP contribution is 2.18. The largest absolute Gasteiger partial charge is 0.771 e. The summed E-state index contributed by atoms with van der Waals surface area (Å²) in [6.45, 7) is 0. The summed E-state index contributed by atoms with van der Waals surface area (Å²) in [7, 11) is 0. The Morgan fingerprint density at radius 3 is 2.93 bits per heavy atom. The number of nitrogen functional groups attached to an aromatic ring is 1. The number of benzene rings is 1. The smallest absolute Gasteiger partial charge is 0.0849 e. The van der Waals surface area contributed by atoms with Crippen molar-refractivity contribution in [3.63, 3.8) is 0 Å². The molecule has 0 aliphatic rings. The van der Waals surface area contributed by atoms with Crippen LogP contribution in [0.25, 0.3) is 10.9 Å². The molecule has 0 spiro atoms. The van der Waals surface area contributed by atoms with Gasteiger partial charge < -0.3 is 14.9 Å². The predicted octanol–water partition coefficient (Wildman–Crippen LogP) is 1.06. The van der Waals surface area contributed by atoms with Gasteiger partial charge in [0, 0.05) is 11.9 Å². The van der Waals surface area contributed by atoms with Crippen molar-refractivity contribution in [2.45, 2.75) is 5.88 Å². The maximum absolute atomic E-state index is 10.5. The van der Waals surface area contributed by atoms with Crippen molar-refractivity contribution in [3.8, 4) is 0 Å². The van der Waals surface area contributed by atoms with Crippen LogP contribution in [0.3, 0.4) is 0 Å². The van der Waals surface area contributed by atoms with Crippen LogP contribution in [-0.2, 0) is 17.0 Å². The topological polar surface area (TPSA) is 71.1 Å². The van der Waals surface area contributed by atoms with Crippen LogP contribution >= 0.6 is 0 Å². The van der Waals surface area contributed by atoms with Crippen LogP contribution in [0.5, 0.6) is 0 Å². The molecular weight excluding hydrogens is 200 g/mol. The molecule has 4 nitrogen and oxygen atoms in total. The van der Waals surface area contributed by atoms with Crippen LogP contribution in [0.15, 0.2) is 30.5 Å². The van der Waals surface area contributed by atoms with Gasteiger partial charge in [0.05, 0.1) is 11.4 Å². The minimum Gasteiger partial charge on any atom is -0.771 e. The molecule has 0 aliphatic carbocycles. The molecule has 0 aliphatic heterocycles. The van der Waals surface area contributed by atoms with Crippen LogP contribution in [0.2, 0.25) is 0 Å². The van der Waals surface area contributed by atoms with Gasteiger partial charge in [0.15, 0.2) is 0 Å². The number of nitrogens with zero attached hydrogens (tertiary/aromatic N) is 1. The molecule has 0 fully saturated rings. The Hall–Kier alpha value is -1.33. The van der Waals surface area contributed by atoms with Gasteiger partial charge in [-0.25, -0.2) is 0 Å². The van der Waals surface area contributed by atoms with Crippen LogP contribution in [0.4, 0.5) is 5.69 Å². The van der Waals surface area contributed by atoms with E-state index in [2.05, 4.69) is 0 Å². The maximum Gasteiger partial charge on any atom is 0.0849 e. The van der Waals surface area contributed by atoms with E-state index in [0.29, 0.717) is 5.69 Å². The van der Waals surface area contributed by atoms with E-state index in [1.54, 1.807) is 22.9 Å². The summed E-state index contributed by atoms with van der Waals surface area (Å²) in [5.41, 5.74) is 7.09. The standard InChI is InChI=1S/C9H10N2O2S/c10-8-2-1-7-3-4-11(6-14(12)13)9(7)5-8/h1-5H,6,10H2,(H,12,13)/p-1. The van der Waals surface area contributed by atoms with Crippen molar-refractivity contribution in [3.05, 3.63) is 30.5 Å². The number of hydrogen-bond acceptors (Lipinski definition) is 3. The first-order valence-electron chi connectivity index (χ1n) is 4.07. The molecule has 0 bridgehead atoms. The fourth-order valence-electron chi connectivity index (χ4n) is 1.43. The lowest BCUT2D eigenvalue weighted by Gasteiger charge is -2.07. The molecule has 2 rings (SSSR count). The van der Waals surface area contributed by atoms with E-state index in [1.165, 1.54) is 0 Å². The Kier molecular flexibility index (Phi) is 2.26. The van der Waals surface area contributed by atoms with Crippen molar-refractivity contribution in [1.82, 2.24) is 4.57 Å². The van der Waals surface area contributed by atoms with Crippen LogP contribution in [0, 0.1) is 0 Å². The van der Waals surface area contributed by atoms with E-state index in [-0.39, 0.29) is 5.88 Å². The first-order valence-corrected chi connectivity index (χ1v) is 5.31. The van der Waals surface area contributed by atoms with E-state index in [4.69, 9.17) is 5.73 Å². The number of aromatic nitrogens is 1. The molecule has 2 aromatic rings. The van der Waals surface area contributed by atoms with E-state index in [9.17, 15) is 8.76 Å². The van der Waals surface area contributed by atoms with E-state index in [1.807, 2.05) is 12.1 Å². The molecule has 1 aromatic carbocycles. The third-order valence-corrected chi connectivity index (χ3v) is 2.53. The molecule has 1 aromatic heterocycles. The molecule has 5 heteroatoms. The zero-order chi connectivity index (χ0) is 10.1. The molecule has 0 saturated heterocycles. The Morgan fingerprint density at radius 1 is 1.43 bits per heavy atom. The minimum absolute atomic E-state index is 0.0348. The van der Waals surface area contributed by atoms with Gasteiger partial charge in [0.2, 0.25) is 0 Å². The Balaban J connectivity index is 2.55. The summed E-state index contributed by atoms with van der Waals surface area (Å²) in [6, 6.07) is 7.29. The molecule has 1 heterocycles. The Bertz CT molecular complexity index is 493. The normalized spacial score (nSPS) is 13.2. The second-order valence-electron chi connectivity index (χ2n) is 3.04. The third-order valence-electron chi connectivity index (χ3n) is 2.04. The second-order valence-corrected chi connectivity index (χ2v) is 3.90. The Labute approximate surface area is 83.6 Å². The first-order chi connectivity index (χ1) is 6.66. The lowest BCUT2D eigenvalue weighted by atomic mass is 10.2. The summed E-state index contributed by atoms with van der Waals surface area (Å²) < 4.78 is 22.7. The lowest BCUT2D eigenvalue weighted by Crippen LogP contribution is -2.01. The molecule has 74 valence electrons. The molecule has 14 heavy (non-hydrogen) atoms. The van der Waals surface area contributed by atoms with Gasteiger partial charge in [-0.1, -0.05) is 6.07 Å². The number of fused-ring (bicyclic) bond motifs is 1. The van der Waals surface area contributed by atoms with Crippen molar-refractivity contribution in [1.29, 1.82) is 0 Å². The summed E-state index contributed by atoms with van der Waals surface area (Å²) in [5.74, 6) is -0.0348. The summed E-state index contributed by atoms with van der Waals surface area (Å²) in [4.78, 5) is 0. The monoisotopic (exact) mass is 209 g/mol. The average molecular weight is 209 g/mol. The first kappa shape index (κ1) is 9.23. The summed E-state index contributed by atoms with van der Waals surface area (Å²) in [6.07, 6.45) is 1.74. The maximum atomic E-state index is 10.5. The van der Waals surface area contributed by atoms with Gasteiger partial charge in [0.1, 0.15) is 0 Å². The zero-order valence-corrected chi connectivity index (χ0v) is 8.16. The third kappa shape index (κ3) is 1.64. The summed E-state index contributed by atoms with van der Waals surface area (Å²) in [5, 5.41) is 0.990. The quantitative estimate of drug-likeness (QED) is 0.593. The number of rotatable bonds is 2. The molecule has 2 N–H and O–H groups in total. The highest BCUT2D eigenvalue weighted by molar-refractivity contribution is 7.78. The predicted molar refractivity (Wildman–Crippen MR) is 55.3 cm³/mol. The van der Waals surface area contributed by atoms with Gasteiger partial charge in [-0.15, -0.1) is 0 Å². The van der Waals surface area contributed by atoms with Crippen molar-refractivity contribution < 1.29 is 8.76 Å². The van der Waals surface area contributed by atoms with Gasteiger partial charge in [-0.05, 0) is 34.7 Å².